The first-order valence-corrected chi connectivity index (χ1v) is 6.01. The van der Waals surface area contributed by atoms with E-state index in [0.717, 1.165) is 10.6 Å². The summed E-state index contributed by atoms with van der Waals surface area (Å²) in [5.74, 6) is 1.36. The summed E-state index contributed by atoms with van der Waals surface area (Å²) < 4.78 is 5.25. The van der Waals surface area contributed by atoms with Crippen molar-refractivity contribution >= 4 is 22.7 Å². The number of hydrogen-bond acceptors (Lipinski definition) is 4. The van der Waals surface area contributed by atoms with Crippen LogP contribution in [0, 0.1) is 6.92 Å². The van der Waals surface area contributed by atoms with Gasteiger partial charge < -0.3 is 9.72 Å². The van der Waals surface area contributed by atoms with Crippen LogP contribution in [0.2, 0.25) is 0 Å². The number of methoxy groups -OCH3 is 1. The molecule has 0 radical (unpaired) electrons. The maximum atomic E-state index is 11.7. The van der Waals surface area contributed by atoms with E-state index in [4.69, 9.17) is 4.74 Å². The van der Waals surface area contributed by atoms with Crippen LogP contribution in [0.5, 0.6) is 5.75 Å². The zero-order valence-electron chi connectivity index (χ0n) is 9.33. The number of ether oxygens (including phenoxy) is 1. The minimum absolute atomic E-state index is 0.111. The van der Waals surface area contributed by atoms with Crippen molar-refractivity contribution in [2.75, 3.05) is 13.4 Å². The lowest BCUT2D eigenvalue weighted by Gasteiger charge is -2.07. The number of aryl methyl sites for hydroxylation is 1. The molecule has 0 aliphatic carbocycles. The Morgan fingerprint density at radius 3 is 2.81 bits per heavy atom. The number of fused-ring (bicyclic) bond motifs is 1. The predicted octanol–water partition coefficient (Wildman–Crippen LogP) is 1.96. The molecule has 2 aromatic rings. The summed E-state index contributed by atoms with van der Waals surface area (Å²) in [6, 6.07) is 3.60. The van der Waals surface area contributed by atoms with Crippen molar-refractivity contribution in [1.29, 1.82) is 0 Å². The summed E-state index contributed by atoms with van der Waals surface area (Å²) in [5, 5.41) is 0.593. The van der Waals surface area contributed by atoms with Gasteiger partial charge in [-0.2, -0.15) is 0 Å². The molecule has 0 bridgehead atoms. The van der Waals surface area contributed by atoms with Gasteiger partial charge in [-0.1, -0.05) is 0 Å². The summed E-state index contributed by atoms with van der Waals surface area (Å²) in [6.07, 6.45) is 1.94. The average molecular weight is 236 g/mol. The normalized spacial score (nSPS) is 10.7. The van der Waals surface area contributed by atoms with E-state index in [0.29, 0.717) is 16.7 Å². The van der Waals surface area contributed by atoms with Crippen LogP contribution in [0.15, 0.2) is 21.8 Å². The smallest absolute Gasteiger partial charge is 0.258 e. The van der Waals surface area contributed by atoms with E-state index in [9.17, 15) is 4.79 Å². The molecule has 0 unspecified atom stereocenters. The van der Waals surface area contributed by atoms with Crippen LogP contribution in [0.1, 0.15) is 5.82 Å². The molecule has 0 spiro atoms. The standard InChI is InChI=1S/C11H12N2O2S/c1-6-12-8-5-9(15-2)10(16-3)4-7(8)11(14)13-6/h4-5H,1-3H3,(H,12,13,14). The maximum absolute atomic E-state index is 11.7. The molecule has 0 saturated heterocycles. The number of nitrogens with zero attached hydrogens (tertiary/aromatic N) is 1. The third-order valence-corrected chi connectivity index (χ3v) is 3.09. The van der Waals surface area contributed by atoms with Gasteiger partial charge in [0.15, 0.2) is 0 Å². The second kappa shape index (κ2) is 4.17. The molecule has 1 heterocycles. The Labute approximate surface area is 97.0 Å². The first-order chi connectivity index (χ1) is 7.65. The number of benzene rings is 1. The van der Waals surface area contributed by atoms with Crippen LogP contribution < -0.4 is 10.3 Å². The molecule has 16 heavy (non-hydrogen) atoms. The third kappa shape index (κ3) is 1.78. The molecular weight excluding hydrogens is 224 g/mol. The van der Waals surface area contributed by atoms with Crippen molar-refractivity contribution in [2.24, 2.45) is 0 Å². The second-order valence-corrected chi connectivity index (χ2v) is 4.22. The van der Waals surface area contributed by atoms with Gasteiger partial charge in [-0.05, 0) is 19.2 Å². The second-order valence-electron chi connectivity index (χ2n) is 3.38. The molecule has 5 heteroatoms. The number of aromatic nitrogens is 2. The fraction of sp³-hybridized carbons (Fsp3) is 0.273. The highest BCUT2D eigenvalue weighted by molar-refractivity contribution is 7.98. The van der Waals surface area contributed by atoms with Crippen molar-refractivity contribution in [3.8, 4) is 5.75 Å². The number of nitrogens with one attached hydrogen (secondary N) is 1. The van der Waals surface area contributed by atoms with Crippen LogP contribution in [0.25, 0.3) is 10.9 Å². The topological polar surface area (TPSA) is 55.0 Å². The molecular formula is C11H12N2O2S. The quantitative estimate of drug-likeness (QED) is 0.810. The van der Waals surface area contributed by atoms with E-state index in [2.05, 4.69) is 9.97 Å². The van der Waals surface area contributed by atoms with Gasteiger partial charge in [0.1, 0.15) is 11.6 Å². The highest BCUT2D eigenvalue weighted by Crippen LogP contribution is 2.30. The minimum Gasteiger partial charge on any atom is -0.496 e. The number of aromatic amines is 1. The van der Waals surface area contributed by atoms with Gasteiger partial charge in [0.2, 0.25) is 0 Å². The Hall–Kier alpha value is -1.49. The highest BCUT2D eigenvalue weighted by atomic mass is 32.2. The molecule has 1 aromatic heterocycles. The molecule has 1 aromatic carbocycles. The van der Waals surface area contributed by atoms with Gasteiger partial charge in [0, 0.05) is 6.07 Å². The van der Waals surface area contributed by atoms with Crippen molar-refractivity contribution in [2.45, 2.75) is 11.8 Å². The Morgan fingerprint density at radius 1 is 1.44 bits per heavy atom. The predicted molar refractivity (Wildman–Crippen MR) is 65.4 cm³/mol. The molecule has 0 aliphatic rings. The minimum atomic E-state index is -0.111. The largest absolute Gasteiger partial charge is 0.496 e. The molecule has 0 amide bonds. The first kappa shape index (κ1) is 11.0. The summed E-state index contributed by atoms with van der Waals surface area (Å²) in [6.45, 7) is 1.76. The molecule has 0 saturated carbocycles. The van der Waals surface area contributed by atoms with Gasteiger partial charge in [-0.25, -0.2) is 4.98 Å². The molecule has 1 N–H and O–H groups in total. The maximum Gasteiger partial charge on any atom is 0.258 e. The molecule has 0 atom stereocenters. The van der Waals surface area contributed by atoms with Gasteiger partial charge in [-0.3, -0.25) is 4.79 Å². The summed E-state index contributed by atoms with van der Waals surface area (Å²) in [5.41, 5.74) is 0.552. The van der Waals surface area contributed by atoms with Crippen LogP contribution in [0.3, 0.4) is 0 Å². The molecule has 0 fully saturated rings. The van der Waals surface area contributed by atoms with E-state index >= 15 is 0 Å². The third-order valence-electron chi connectivity index (χ3n) is 2.33. The lowest BCUT2D eigenvalue weighted by molar-refractivity contribution is 0.405. The van der Waals surface area contributed by atoms with Crippen molar-refractivity contribution < 1.29 is 4.74 Å². The number of hydrogen-bond donors (Lipinski definition) is 1. The van der Waals surface area contributed by atoms with E-state index in [1.807, 2.05) is 12.3 Å². The van der Waals surface area contributed by atoms with Crippen LogP contribution in [-0.4, -0.2) is 23.3 Å². The van der Waals surface area contributed by atoms with E-state index in [1.165, 1.54) is 0 Å². The number of H-pyrrole nitrogens is 1. The van der Waals surface area contributed by atoms with Gasteiger partial charge in [0.25, 0.3) is 5.56 Å². The van der Waals surface area contributed by atoms with Gasteiger partial charge in [-0.15, -0.1) is 11.8 Å². The van der Waals surface area contributed by atoms with E-state index in [1.54, 1.807) is 31.9 Å². The van der Waals surface area contributed by atoms with Crippen molar-refractivity contribution in [3.05, 3.63) is 28.3 Å². The molecule has 2 rings (SSSR count). The van der Waals surface area contributed by atoms with Crippen molar-refractivity contribution in [1.82, 2.24) is 9.97 Å². The lowest BCUT2D eigenvalue weighted by atomic mass is 10.2. The van der Waals surface area contributed by atoms with Crippen molar-refractivity contribution in [3.63, 3.8) is 0 Å². The highest BCUT2D eigenvalue weighted by Gasteiger charge is 2.08. The Kier molecular flexibility index (Phi) is 2.87. The fourth-order valence-electron chi connectivity index (χ4n) is 1.58. The molecule has 0 aliphatic heterocycles. The zero-order valence-corrected chi connectivity index (χ0v) is 10.1. The van der Waals surface area contributed by atoms with Crippen LogP contribution >= 0.6 is 11.8 Å². The average Bonchev–Trinajstić information content (AvgIpc) is 2.27. The van der Waals surface area contributed by atoms with Crippen LogP contribution in [-0.2, 0) is 0 Å². The Morgan fingerprint density at radius 2 is 2.19 bits per heavy atom. The number of rotatable bonds is 2. The first-order valence-electron chi connectivity index (χ1n) is 4.78. The lowest BCUT2D eigenvalue weighted by Crippen LogP contribution is -2.09. The summed E-state index contributed by atoms with van der Waals surface area (Å²) >= 11 is 1.54. The Balaban J connectivity index is 2.83. The van der Waals surface area contributed by atoms with Crippen LogP contribution in [0.4, 0.5) is 0 Å². The van der Waals surface area contributed by atoms with Gasteiger partial charge >= 0.3 is 0 Å². The molecule has 4 nitrogen and oxygen atoms in total. The zero-order chi connectivity index (χ0) is 11.7. The monoisotopic (exact) mass is 236 g/mol. The fourth-order valence-corrected chi connectivity index (χ4v) is 2.16. The van der Waals surface area contributed by atoms with Gasteiger partial charge in [0.05, 0.1) is 22.9 Å². The Bertz CT molecular complexity index is 592. The SMILES string of the molecule is COc1cc2nc(C)[nH]c(=O)c2cc1SC. The summed E-state index contributed by atoms with van der Waals surface area (Å²) in [7, 11) is 1.61. The summed E-state index contributed by atoms with van der Waals surface area (Å²) in [4.78, 5) is 19.6. The molecule has 84 valence electrons. The number of thioether (sulfide) groups is 1. The van der Waals surface area contributed by atoms with E-state index < -0.39 is 0 Å². The van der Waals surface area contributed by atoms with E-state index in [-0.39, 0.29) is 5.56 Å².